The van der Waals surface area contributed by atoms with Crippen molar-refractivity contribution >= 4 is 47.6 Å². The normalized spacial score (nSPS) is 14.8. The molecule has 13 nitrogen and oxygen atoms in total. The van der Waals surface area contributed by atoms with Crippen molar-refractivity contribution in [1.29, 1.82) is 0 Å². The third-order valence-corrected chi connectivity index (χ3v) is 11.8. The molecule has 1 fully saturated rings. The minimum absolute atomic E-state index is 0.0604. The number of carbonyl (C=O) groups excluding carboxylic acids is 3. The number of hydrogen-bond acceptors (Lipinski definition) is 9. The topological polar surface area (TPSA) is 171 Å². The van der Waals surface area contributed by atoms with E-state index in [0.717, 1.165) is 27.9 Å². The van der Waals surface area contributed by atoms with Crippen LogP contribution in [0, 0.1) is 12.7 Å². The summed E-state index contributed by atoms with van der Waals surface area (Å²) in [6.45, 7) is 4.93. The predicted octanol–water partition coefficient (Wildman–Crippen LogP) is 5.85. The Hall–Kier alpha value is -6.68. The van der Waals surface area contributed by atoms with Crippen LogP contribution >= 0.6 is 11.6 Å². The summed E-state index contributed by atoms with van der Waals surface area (Å²) in [5.74, 6) is 0.444. The SMILES string of the molecule is CCNC(=O)C[C@@H]1N=C(c2ccc(Cl)cc2)c2cc(OCC(=O)NCc3ccc(F)c(C4CCN(C(=O)c5cccc(-c6cccc(B(O)O)c6)c5)CC4)c3)ccc2-n2c(C)nnc21. The highest BCUT2D eigenvalue weighted by molar-refractivity contribution is 6.58. The summed E-state index contributed by atoms with van der Waals surface area (Å²) in [5.41, 5.74) is 6.48. The van der Waals surface area contributed by atoms with Crippen molar-refractivity contribution in [3.8, 4) is 22.6 Å². The van der Waals surface area contributed by atoms with E-state index in [1.54, 1.807) is 71.6 Å². The average Bonchev–Trinajstić information content (AvgIpc) is 3.64. The Morgan fingerprint density at radius 3 is 2.36 bits per heavy atom. The fraction of sp³-hybridized carbons (Fsp3) is 0.250. The molecule has 0 bridgehead atoms. The monoisotopic (exact) mass is 881 g/mol. The number of aromatic nitrogens is 3. The number of halogens is 2. The number of rotatable bonds is 13. The molecule has 5 aromatic carbocycles. The van der Waals surface area contributed by atoms with Crippen LogP contribution in [0.4, 0.5) is 4.39 Å². The molecular formula is C48H46BClFN7O6. The van der Waals surface area contributed by atoms with Crippen molar-refractivity contribution in [3.05, 3.63) is 160 Å². The fourth-order valence-electron chi connectivity index (χ4n) is 8.29. The predicted molar refractivity (Wildman–Crippen MR) is 243 cm³/mol. The Bertz CT molecular complexity index is 2740. The van der Waals surface area contributed by atoms with E-state index in [2.05, 4.69) is 20.8 Å². The van der Waals surface area contributed by atoms with Crippen LogP contribution in [0.1, 0.15) is 82.4 Å². The van der Waals surface area contributed by atoms with Gasteiger partial charge in [0, 0.05) is 47.9 Å². The lowest BCUT2D eigenvalue weighted by atomic mass is 9.79. The van der Waals surface area contributed by atoms with Gasteiger partial charge in [0.1, 0.15) is 23.4 Å². The minimum atomic E-state index is -1.60. The van der Waals surface area contributed by atoms with Gasteiger partial charge in [0.05, 0.1) is 17.8 Å². The number of likely N-dealkylation sites (tertiary alicyclic amines) is 1. The van der Waals surface area contributed by atoms with Crippen molar-refractivity contribution in [2.24, 2.45) is 4.99 Å². The van der Waals surface area contributed by atoms with Crippen LogP contribution in [0.2, 0.25) is 5.02 Å². The summed E-state index contributed by atoms with van der Waals surface area (Å²) in [4.78, 5) is 46.4. The molecule has 1 aromatic heterocycles. The number of hydrogen-bond donors (Lipinski definition) is 4. The number of ether oxygens (including phenoxy) is 1. The number of aryl methyl sites for hydroxylation is 1. The molecule has 64 heavy (non-hydrogen) atoms. The summed E-state index contributed by atoms with van der Waals surface area (Å²) in [6.07, 6.45) is 1.20. The highest BCUT2D eigenvalue weighted by Gasteiger charge is 2.31. The third kappa shape index (κ3) is 9.76. The van der Waals surface area contributed by atoms with Gasteiger partial charge >= 0.3 is 7.12 Å². The van der Waals surface area contributed by atoms with Crippen molar-refractivity contribution < 1.29 is 33.6 Å². The van der Waals surface area contributed by atoms with Gasteiger partial charge in [-0.25, -0.2) is 4.39 Å². The van der Waals surface area contributed by atoms with E-state index in [-0.39, 0.29) is 49.0 Å². The molecule has 4 N–H and O–H groups in total. The summed E-state index contributed by atoms with van der Waals surface area (Å²) in [7, 11) is -1.60. The van der Waals surface area contributed by atoms with Crippen molar-refractivity contribution in [2.75, 3.05) is 26.2 Å². The zero-order valence-electron chi connectivity index (χ0n) is 35.3. The van der Waals surface area contributed by atoms with E-state index in [9.17, 15) is 24.4 Å². The number of carbonyl (C=O) groups is 3. The number of nitrogens with one attached hydrogen (secondary N) is 2. The van der Waals surface area contributed by atoms with Crippen molar-refractivity contribution in [2.45, 2.75) is 51.6 Å². The van der Waals surface area contributed by atoms with Gasteiger partial charge in [-0.15, -0.1) is 10.2 Å². The van der Waals surface area contributed by atoms with Gasteiger partial charge in [0.25, 0.3) is 11.8 Å². The second-order valence-corrected chi connectivity index (χ2v) is 16.3. The van der Waals surface area contributed by atoms with Crippen LogP contribution in [0.15, 0.2) is 114 Å². The first-order valence-corrected chi connectivity index (χ1v) is 21.5. The van der Waals surface area contributed by atoms with Crippen molar-refractivity contribution in [3.63, 3.8) is 0 Å². The first kappa shape index (κ1) is 44.0. The van der Waals surface area contributed by atoms with Crippen LogP contribution < -0.4 is 20.8 Å². The lowest BCUT2D eigenvalue weighted by Crippen LogP contribution is -2.38. The standard InChI is InChI=1S/C48H46BClFN7O6/c1-3-52-44(59)26-42-47-56-55-29(2)58(47)43-17-15-38(25-40(43)46(54-42)32-11-13-37(50)14-12-32)64-28-45(60)53-27-30-10-16-41(51)39(22-30)31-18-20-57(21-19-31)48(61)35-8-4-6-33(23-35)34-7-5-9-36(24-34)49(62)63/h4-17,22-25,31,42,62-63H,3,18-21,26-28H2,1-2H3,(H,52,59)(H,53,60)/t42-/m0/s1. The number of piperidine rings is 1. The molecule has 2 aliphatic heterocycles. The molecule has 3 heterocycles. The van der Waals surface area contributed by atoms with Gasteiger partial charge in [-0.05, 0) is 109 Å². The smallest absolute Gasteiger partial charge is 0.484 e. The molecule has 16 heteroatoms. The quantitative estimate of drug-likeness (QED) is 0.105. The first-order chi connectivity index (χ1) is 30.9. The van der Waals surface area contributed by atoms with Crippen molar-refractivity contribution in [1.82, 2.24) is 30.3 Å². The van der Waals surface area contributed by atoms with Gasteiger partial charge in [-0.2, -0.15) is 0 Å². The second-order valence-electron chi connectivity index (χ2n) is 15.8. The second kappa shape index (κ2) is 19.4. The maximum absolute atomic E-state index is 15.3. The molecule has 1 saturated heterocycles. The van der Waals surface area contributed by atoms with E-state index >= 15 is 4.39 Å². The fourth-order valence-corrected chi connectivity index (χ4v) is 8.41. The molecule has 0 aliphatic carbocycles. The molecule has 0 radical (unpaired) electrons. The van der Waals surface area contributed by atoms with E-state index in [1.165, 1.54) is 6.07 Å². The Morgan fingerprint density at radius 1 is 0.859 bits per heavy atom. The molecule has 0 spiro atoms. The molecule has 8 rings (SSSR count). The number of nitrogens with zero attached hydrogens (tertiary/aromatic N) is 5. The lowest BCUT2D eigenvalue weighted by molar-refractivity contribution is -0.123. The molecule has 1 atom stereocenters. The maximum atomic E-state index is 15.3. The maximum Gasteiger partial charge on any atom is 0.488 e. The first-order valence-electron chi connectivity index (χ1n) is 21.2. The van der Waals surface area contributed by atoms with Gasteiger partial charge in [-0.3, -0.25) is 23.9 Å². The van der Waals surface area contributed by atoms with E-state index in [4.69, 9.17) is 21.3 Å². The Morgan fingerprint density at radius 2 is 1.61 bits per heavy atom. The van der Waals surface area contributed by atoms with Crippen LogP contribution in [-0.2, 0) is 16.1 Å². The molecule has 326 valence electrons. The van der Waals surface area contributed by atoms with Gasteiger partial charge in [0.15, 0.2) is 12.4 Å². The minimum Gasteiger partial charge on any atom is -0.484 e. The van der Waals surface area contributed by atoms with Gasteiger partial charge < -0.3 is 30.3 Å². The zero-order valence-corrected chi connectivity index (χ0v) is 36.1. The largest absolute Gasteiger partial charge is 0.488 e. The molecule has 0 saturated carbocycles. The molecule has 2 aliphatic rings. The Kier molecular flexibility index (Phi) is 13.3. The molecular weight excluding hydrogens is 836 g/mol. The summed E-state index contributed by atoms with van der Waals surface area (Å²) in [5, 5.41) is 34.3. The molecule has 6 aromatic rings. The van der Waals surface area contributed by atoms with Crippen LogP contribution in [-0.4, -0.2) is 86.5 Å². The zero-order chi connectivity index (χ0) is 44.9. The average molecular weight is 882 g/mol. The number of aliphatic imine (C=N–C) groups is 1. The van der Waals surface area contributed by atoms with E-state index in [0.29, 0.717) is 82.8 Å². The van der Waals surface area contributed by atoms with E-state index in [1.807, 2.05) is 54.8 Å². The van der Waals surface area contributed by atoms with Crippen LogP contribution in [0.25, 0.3) is 16.8 Å². The summed E-state index contributed by atoms with van der Waals surface area (Å²) in [6, 6.07) is 31.0. The van der Waals surface area contributed by atoms with Crippen LogP contribution in [0.5, 0.6) is 5.75 Å². The van der Waals surface area contributed by atoms with Gasteiger partial charge in [0.2, 0.25) is 5.91 Å². The highest BCUT2D eigenvalue weighted by atomic mass is 35.5. The van der Waals surface area contributed by atoms with Crippen LogP contribution in [0.3, 0.4) is 0 Å². The molecule has 0 unspecified atom stereocenters. The van der Waals surface area contributed by atoms with E-state index < -0.39 is 13.2 Å². The van der Waals surface area contributed by atoms with Gasteiger partial charge in [-0.1, -0.05) is 72.3 Å². The molecule has 3 amide bonds. The highest BCUT2D eigenvalue weighted by Crippen LogP contribution is 2.35. The number of benzene rings is 5. The Balaban J connectivity index is 0.908. The number of fused-ring (bicyclic) bond motifs is 3. The number of amides is 3. The lowest BCUT2D eigenvalue weighted by Gasteiger charge is -2.32. The Labute approximate surface area is 375 Å². The summed E-state index contributed by atoms with van der Waals surface area (Å²) >= 11 is 6.25. The third-order valence-electron chi connectivity index (χ3n) is 11.5. The summed E-state index contributed by atoms with van der Waals surface area (Å²) < 4.78 is 23.2.